The maximum atomic E-state index is 11.4. The molecule has 1 aliphatic rings. The first kappa shape index (κ1) is 8.52. The highest BCUT2D eigenvalue weighted by Crippen LogP contribution is 2.25. The molecule has 0 saturated heterocycles. The predicted octanol–water partition coefficient (Wildman–Crippen LogP) is 1.68. The van der Waals surface area contributed by atoms with Crippen LogP contribution < -0.4 is 5.32 Å². The number of nitriles is 1. The number of allylic oxidation sites excluding steroid dienone is 1. The number of nitrogens with one attached hydrogen (secondary N) is 1. The molecule has 1 N–H and O–H groups in total. The summed E-state index contributed by atoms with van der Waals surface area (Å²) in [5.74, 6) is -0.134. The van der Waals surface area contributed by atoms with E-state index in [1.54, 1.807) is 13.0 Å². The van der Waals surface area contributed by atoms with E-state index in [4.69, 9.17) is 5.26 Å². The Labute approximate surface area is 81.7 Å². The second kappa shape index (κ2) is 3.00. The van der Waals surface area contributed by atoms with Crippen molar-refractivity contribution in [2.75, 3.05) is 0 Å². The van der Waals surface area contributed by atoms with Gasteiger partial charge < -0.3 is 5.32 Å². The molecule has 2 rings (SSSR count). The summed E-state index contributed by atoms with van der Waals surface area (Å²) in [6.45, 7) is 1.69. The normalized spacial score (nSPS) is 17.0. The van der Waals surface area contributed by atoms with Crippen LogP contribution in [0.1, 0.15) is 22.8 Å². The molecule has 3 nitrogen and oxygen atoms in total. The molecule has 1 heterocycles. The fraction of sp³-hybridized carbons (Fsp3) is 0.0909. The number of fused-ring (bicyclic) bond motifs is 1. The van der Waals surface area contributed by atoms with Crippen molar-refractivity contribution in [3.05, 3.63) is 41.0 Å². The number of carbonyl (C=O) groups excluding carboxylic acids is 1. The largest absolute Gasteiger partial charge is 0.321 e. The van der Waals surface area contributed by atoms with Crippen molar-refractivity contribution in [3.63, 3.8) is 0 Å². The highest BCUT2D eigenvalue weighted by Gasteiger charge is 2.24. The van der Waals surface area contributed by atoms with E-state index >= 15 is 0 Å². The van der Waals surface area contributed by atoms with Crippen LogP contribution in [0.3, 0.4) is 0 Å². The van der Waals surface area contributed by atoms with Gasteiger partial charge in [-0.05, 0) is 13.0 Å². The Balaban J connectivity index is 2.68. The average Bonchev–Trinajstić information content (AvgIpc) is 2.56. The Morgan fingerprint density at radius 3 is 2.64 bits per heavy atom. The fourth-order valence-electron chi connectivity index (χ4n) is 1.50. The van der Waals surface area contributed by atoms with Crippen molar-refractivity contribution in [1.82, 2.24) is 5.32 Å². The molecule has 0 unspecified atom stereocenters. The molecule has 1 aromatic carbocycles. The van der Waals surface area contributed by atoms with Gasteiger partial charge in [-0.2, -0.15) is 5.26 Å². The number of amides is 1. The van der Waals surface area contributed by atoms with Crippen molar-refractivity contribution in [2.45, 2.75) is 6.92 Å². The number of benzene rings is 1. The minimum Gasteiger partial charge on any atom is -0.321 e. The van der Waals surface area contributed by atoms with Crippen LogP contribution in [-0.4, -0.2) is 5.91 Å². The van der Waals surface area contributed by atoms with E-state index in [2.05, 4.69) is 5.32 Å². The number of nitrogens with zero attached hydrogens (tertiary/aromatic N) is 1. The van der Waals surface area contributed by atoms with Gasteiger partial charge >= 0.3 is 0 Å². The van der Waals surface area contributed by atoms with E-state index in [-0.39, 0.29) is 5.91 Å². The summed E-state index contributed by atoms with van der Waals surface area (Å²) in [7, 11) is 0. The lowest BCUT2D eigenvalue weighted by Gasteiger charge is -1.99. The summed E-state index contributed by atoms with van der Waals surface area (Å²) < 4.78 is 0. The second-order valence-corrected chi connectivity index (χ2v) is 3.11. The van der Waals surface area contributed by atoms with Gasteiger partial charge in [-0.15, -0.1) is 0 Å². The summed E-state index contributed by atoms with van der Waals surface area (Å²) in [6, 6.07) is 9.28. The van der Waals surface area contributed by atoms with Crippen molar-refractivity contribution >= 4 is 11.6 Å². The number of hydrogen-bond acceptors (Lipinski definition) is 2. The van der Waals surface area contributed by atoms with Crippen LogP contribution in [0.4, 0.5) is 0 Å². The molecule has 0 aliphatic carbocycles. The van der Waals surface area contributed by atoms with E-state index in [1.165, 1.54) is 0 Å². The summed E-state index contributed by atoms with van der Waals surface area (Å²) in [5, 5.41) is 11.4. The van der Waals surface area contributed by atoms with Crippen LogP contribution in [0.5, 0.6) is 0 Å². The van der Waals surface area contributed by atoms with Gasteiger partial charge in [-0.25, -0.2) is 0 Å². The zero-order valence-corrected chi connectivity index (χ0v) is 7.66. The van der Waals surface area contributed by atoms with E-state index in [0.717, 1.165) is 5.56 Å². The van der Waals surface area contributed by atoms with Gasteiger partial charge in [0.15, 0.2) is 0 Å². The van der Waals surface area contributed by atoms with Gasteiger partial charge in [0.25, 0.3) is 5.91 Å². The van der Waals surface area contributed by atoms with Crippen LogP contribution in [0, 0.1) is 11.3 Å². The summed E-state index contributed by atoms with van der Waals surface area (Å²) in [4.78, 5) is 11.4. The lowest BCUT2D eigenvalue weighted by atomic mass is 10.1. The smallest absolute Gasteiger partial charge is 0.256 e. The molecule has 68 valence electrons. The highest BCUT2D eigenvalue weighted by atomic mass is 16.1. The third-order valence-electron chi connectivity index (χ3n) is 2.22. The maximum absolute atomic E-state index is 11.4. The lowest BCUT2D eigenvalue weighted by molar-refractivity contribution is 0.0981. The molecule has 0 saturated carbocycles. The fourth-order valence-corrected chi connectivity index (χ4v) is 1.50. The highest BCUT2D eigenvalue weighted by molar-refractivity contribution is 6.09. The average molecular weight is 184 g/mol. The monoisotopic (exact) mass is 184 g/mol. The molecule has 0 radical (unpaired) electrons. The van der Waals surface area contributed by atoms with Crippen LogP contribution >= 0.6 is 0 Å². The number of carbonyl (C=O) groups is 1. The Morgan fingerprint density at radius 1 is 1.36 bits per heavy atom. The number of hydrogen-bond donors (Lipinski definition) is 1. The first-order valence-corrected chi connectivity index (χ1v) is 4.26. The third-order valence-corrected chi connectivity index (χ3v) is 2.22. The molecule has 1 aliphatic heterocycles. The Kier molecular flexibility index (Phi) is 1.83. The quantitative estimate of drug-likeness (QED) is 0.624. The predicted molar refractivity (Wildman–Crippen MR) is 52.1 cm³/mol. The van der Waals surface area contributed by atoms with Crippen LogP contribution in [-0.2, 0) is 0 Å². The second-order valence-electron chi connectivity index (χ2n) is 3.11. The molecule has 0 spiro atoms. The van der Waals surface area contributed by atoms with E-state index in [0.29, 0.717) is 16.8 Å². The number of rotatable bonds is 0. The third kappa shape index (κ3) is 1.09. The molecule has 0 bridgehead atoms. The zero-order valence-electron chi connectivity index (χ0n) is 7.66. The Hall–Kier alpha value is -2.08. The molecule has 1 amide bonds. The van der Waals surface area contributed by atoms with Gasteiger partial charge in [0.1, 0.15) is 0 Å². The molecular weight excluding hydrogens is 176 g/mol. The molecule has 0 fully saturated rings. The summed E-state index contributed by atoms with van der Waals surface area (Å²) in [5.41, 5.74) is 2.62. The van der Waals surface area contributed by atoms with Gasteiger partial charge in [0.2, 0.25) is 0 Å². The van der Waals surface area contributed by atoms with Crippen molar-refractivity contribution in [2.24, 2.45) is 0 Å². The first-order chi connectivity index (χ1) is 6.74. The first-order valence-electron chi connectivity index (χ1n) is 4.26. The maximum Gasteiger partial charge on any atom is 0.256 e. The van der Waals surface area contributed by atoms with Gasteiger partial charge in [0, 0.05) is 11.1 Å². The van der Waals surface area contributed by atoms with Gasteiger partial charge in [0.05, 0.1) is 17.3 Å². The molecule has 3 heteroatoms. The van der Waals surface area contributed by atoms with Crippen LogP contribution in [0.15, 0.2) is 29.8 Å². The lowest BCUT2D eigenvalue weighted by Crippen LogP contribution is -2.12. The SMILES string of the molecule is CC(C#N)=C1NC(=O)c2ccccc21. The van der Waals surface area contributed by atoms with Crippen molar-refractivity contribution < 1.29 is 4.79 Å². The summed E-state index contributed by atoms with van der Waals surface area (Å²) >= 11 is 0. The molecule has 14 heavy (non-hydrogen) atoms. The Bertz CT molecular complexity index is 480. The van der Waals surface area contributed by atoms with E-state index in [1.807, 2.05) is 24.3 Å². The van der Waals surface area contributed by atoms with Crippen molar-refractivity contribution in [3.8, 4) is 6.07 Å². The minimum atomic E-state index is -0.134. The topological polar surface area (TPSA) is 52.9 Å². The Morgan fingerprint density at radius 2 is 2.00 bits per heavy atom. The molecule has 0 atom stereocenters. The van der Waals surface area contributed by atoms with Crippen LogP contribution in [0.25, 0.3) is 5.70 Å². The molecule has 0 aromatic heterocycles. The molecular formula is C11H8N2O. The van der Waals surface area contributed by atoms with Crippen molar-refractivity contribution in [1.29, 1.82) is 5.26 Å². The van der Waals surface area contributed by atoms with E-state index < -0.39 is 0 Å². The standard InChI is InChI=1S/C11H8N2O/c1-7(6-12)10-8-4-2-3-5-9(8)11(14)13-10/h2-5H,1H3,(H,13,14). The van der Waals surface area contributed by atoms with Crippen LogP contribution in [0.2, 0.25) is 0 Å². The minimum absolute atomic E-state index is 0.134. The van der Waals surface area contributed by atoms with Gasteiger partial charge in [-0.3, -0.25) is 4.79 Å². The summed E-state index contributed by atoms with van der Waals surface area (Å²) in [6.07, 6.45) is 0. The zero-order chi connectivity index (χ0) is 10.1. The van der Waals surface area contributed by atoms with E-state index in [9.17, 15) is 4.79 Å². The molecule has 1 aromatic rings. The van der Waals surface area contributed by atoms with Gasteiger partial charge in [-0.1, -0.05) is 18.2 Å².